The SMILES string of the molecule is NCc1ccc(C(=O)N2CCN(C3CCCC3)CC2)o1. The number of carbonyl (C=O) groups excluding carboxylic acids is 1. The minimum Gasteiger partial charge on any atom is -0.455 e. The van der Waals surface area contributed by atoms with E-state index in [9.17, 15) is 4.79 Å². The Morgan fingerprint density at radius 2 is 1.90 bits per heavy atom. The van der Waals surface area contributed by atoms with Gasteiger partial charge in [-0.05, 0) is 25.0 Å². The Morgan fingerprint density at radius 1 is 1.20 bits per heavy atom. The van der Waals surface area contributed by atoms with Gasteiger partial charge in [-0.2, -0.15) is 0 Å². The summed E-state index contributed by atoms with van der Waals surface area (Å²) < 4.78 is 5.44. The number of hydrogen-bond acceptors (Lipinski definition) is 4. The molecule has 1 aliphatic heterocycles. The molecule has 1 aromatic rings. The van der Waals surface area contributed by atoms with Gasteiger partial charge in [0, 0.05) is 32.2 Å². The van der Waals surface area contributed by atoms with Crippen LogP contribution in [0.1, 0.15) is 42.0 Å². The number of amides is 1. The molecule has 3 rings (SSSR count). The van der Waals surface area contributed by atoms with Crippen LogP contribution in [0, 0.1) is 0 Å². The van der Waals surface area contributed by atoms with E-state index in [1.807, 2.05) is 4.90 Å². The predicted octanol–water partition coefficient (Wildman–Crippen LogP) is 1.44. The van der Waals surface area contributed by atoms with Gasteiger partial charge in [0.05, 0.1) is 6.54 Å². The first-order valence-corrected chi connectivity index (χ1v) is 7.60. The van der Waals surface area contributed by atoms with Gasteiger partial charge in [-0.15, -0.1) is 0 Å². The van der Waals surface area contributed by atoms with Crippen LogP contribution in [-0.2, 0) is 6.54 Å². The van der Waals surface area contributed by atoms with Crippen LogP contribution in [0.3, 0.4) is 0 Å². The molecular weight excluding hydrogens is 254 g/mol. The third-order valence-corrected chi connectivity index (χ3v) is 4.52. The first-order valence-electron chi connectivity index (χ1n) is 7.60. The molecule has 1 amide bonds. The van der Waals surface area contributed by atoms with Gasteiger partial charge in [-0.25, -0.2) is 0 Å². The van der Waals surface area contributed by atoms with Crippen LogP contribution < -0.4 is 5.73 Å². The van der Waals surface area contributed by atoms with Crippen molar-refractivity contribution < 1.29 is 9.21 Å². The van der Waals surface area contributed by atoms with E-state index in [-0.39, 0.29) is 5.91 Å². The Labute approximate surface area is 119 Å². The second-order valence-corrected chi connectivity index (χ2v) is 5.74. The predicted molar refractivity (Wildman–Crippen MR) is 76.3 cm³/mol. The highest BCUT2D eigenvalue weighted by Gasteiger charge is 2.29. The van der Waals surface area contributed by atoms with Crippen molar-refractivity contribution in [2.45, 2.75) is 38.3 Å². The molecule has 1 saturated heterocycles. The molecule has 1 aromatic heterocycles. The van der Waals surface area contributed by atoms with Crippen LogP contribution >= 0.6 is 0 Å². The number of carbonyl (C=O) groups is 1. The molecule has 110 valence electrons. The van der Waals surface area contributed by atoms with Crippen molar-refractivity contribution in [2.75, 3.05) is 26.2 Å². The molecule has 2 heterocycles. The van der Waals surface area contributed by atoms with Gasteiger partial charge in [0.2, 0.25) is 0 Å². The zero-order chi connectivity index (χ0) is 13.9. The summed E-state index contributed by atoms with van der Waals surface area (Å²) in [6.07, 6.45) is 5.37. The molecular formula is C15H23N3O2. The van der Waals surface area contributed by atoms with E-state index in [1.54, 1.807) is 12.1 Å². The second-order valence-electron chi connectivity index (χ2n) is 5.74. The van der Waals surface area contributed by atoms with Crippen molar-refractivity contribution in [3.63, 3.8) is 0 Å². The summed E-state index contributed by atoms with van der Waals surface area (Å²) in [5.41, 5.74) is 5.50. The summed E-state index contributed by atoms with van der Waals surface area (Å²) in [6, 6.07) is 4.26. The van der Waals surface area contributed by atoms with E-state index in [1.165, 1.54) is 25.7 Å². The van der Waals surface area contributed by atoms with Crippen LogP contribution in [0.15, 0.2) is 16.5 Å². The molecule has 20 heavy (non-hydrogen) atoms. The highest BCUT2D eigenvalue weighted by molar-refractivity contribution is 5.91. The van der Waals surface area contributed by atoms with Crippen molar-refractivity contribution in [1.29, 1.82) is 0 Å². The zero-order valence-corrected chi connectivity index (χ0v) is 11.9. The standard InChI is InChI=1S/C15H23N3O2/c16-11-13-5-6-14(20-13)15(19)18-9-7-17(8-10-18)12-3-1-2-4-12/h5-6,12H,1-4,7-11,16H2. The molecule has 0 radical (unpaired) electrons. The Morgan fingerprint density at radius 3 is 2.50 bits per heavy atom. The fourth-order valence-electron chi connectivity index (χ4n) is 3.32. The Balaban J connectivity index is 1.55. The first kappa shape index (κ1) is 13.6. The molecule has 5 heteroatoms. The highest BCUT2D eigenvalue weighted by atomic mass is 16.4. The average Bonchev–Trinajstić information content (AvgIpc) is 3.18. The second kappa shape index (κ2) is 5.97. The number of piperazine rings is 1. The molecule has 0 bridgehead atoms. The summed E-state index contributed by atoms with van der Waals surface area (Å²) in [5, 5.41) is 0. The lowest BCUT2D eigenvalue weighted by Gasteiger charge is -2.37. The van der Waals surface area contributed by atoms with E-state index in [4.69, 9.17) is 10.2 Å². The molecule has 0 spiro atoms. The molecule has 0 atom stereocenters. The molecule has 2 aliphatic rings. The van der Waals surface area contributed by atoms with Gasteiger partial charge in [0.25, 0.3) is 5.91 Å². The number of hydrogen-bond donors (Lipinski definition) is 1. The lowest BCUT2D eigenvalue weighted by Crippen LogP contribution is -2.51. The maximum Gasteiger partial charge on any atom is 0.289 e. The summed E-state index contributed by atoms with van der Waals surface area (Å²) >= 11 is 0. The van der Waals surface area contributed by atoms with Gasteiger partial charge >= 0.3 is 0 Å². The molecule has 1 saturated carbocycles. The molecule has 0 aromatic carbocycles. The van der Waals surface area contributed by atoms with Crippen molar-refractivity contribution in [3.05, 3.63) is 23.7 Å². The van der Waals surface area contributed by atoms with Crippen molar-refractivity contribution in [1.82, 2.24) is 9.80 Å². The van der Waals surface area contributed by atoms with E-state index < -0.39 is 0 Å². The minimum absolute atomic E-state index is 0.00391. The van der Waals surface area contributed by atoms with Crippen LogP contribution in [0.2, 0.25) is 0 Å². The van der Waals surface area contributed by atoms with Crippen LogP contribution in [0.4, 0.5) is 0 Å². The molecule has 0 unspecified atom stereocenters. The summed E-state index contributed by atoms with van der Waals surface area (Å²) in [5.74, 6) is 1.08. The Bertz CT molecular complexity index is 457. The summed E-state index contributed by atoms with van der Waals surface area (Å²) in [7, 11) is 0. The van der Waals surface area contributed by atoms with Crippen molar-refractivity contribution >= 4 is 5.91 Å². The van der Waals surface area contributed by atoms with Gasteiger partial charge in [0.1, 0.15) is 5.76 Å². The molecule has 2 fully saturated rings. The molecule has 1 aliphatic carbocycles. The van der Waals surface area contributed by atoms with E-state index in [0.29, 0.717) is 18.1 Å². The smallest absolute Gasteiger partial charge is 0.289 e. The third kappa shape index (κ3) is 2.74. The normalized spacial score (nSPS) is 21.6. The topological polar surface area (TPSA) is 62.7 Å². The Hall–Kier alpha value is -1.33. The lowest BCUT2D eigenvalue weighted by molar-refractivity contribution is 0.0543. The van der Waals surface area contributed by atoms with Crippen LogP contribution in [0.5, 0.6) is 0 Å². The number of nitrogens with zero attached hydrogens (tertiary/aromatic N) is 2. The largest absolute Gasteiger partial charge is 0.455 e. The van der Waals surface area contributed by atoms with Crippen LogP contribution in [-0.4, -0.2) is 47.9 Å². The zero-order valence-electron chi connectivity index (χ0n) is 11.9. The van der Waals surface area contributed by atoms with Gasteiger partial charge in [-0.3, -0.25) is 9.69 Å². The summed E-state index contributed by atoms with van der Waals surface area (Å²) in [6.45, 7) is 3.91. The first-order chi connectivity index (χ1) is 9.78. The van der Waals surface area contributed by atoms with E-state index in [2.05, 4.69) is 4.90 Å². The molecule has 5 nitrogen and oxygen atoms in total. The minimum atomic E-state index is -0.00391. The number of rotatable bonds is 3. The van der Waals surface area contributed by atoms with Gasteiger partial charge in [-0.1, -0.05) is 12.8 Å². The summed E-state index contributed by atoms with van der Waals surface area (Å²) in [4.78, 5) is 16.8. The average molecular weight is 277 g/mol. The van der Waals surface area contributed by atoms with Crippen LogP contribution in [0.25, 0.3) is 0 Å². The van der Waals surface area contributed by atoms with E-state index in [0.717, 1.165) is 32.2 Å². The fourth-order valence-corrected chi connectivity index (χ4v) is 3.32. The maximum atomic E-state index is 12.3. The van der Waals surface area contributed by atoms with Crippen molar-refractivity contribution in [2.24, 2.45) is 5.73 Å². The molecule has 2 N–H and O–H groups in total. The highest BCUT2D eigenvalue weighted by Crippen LogP contribution is 2.24. The van der Waals surface area contributed by atoms with E-state index >= 15 is 0 Å². The maximum absolute atomic E-state index is 12.3. The third-order valence-electron chi connectivity index (χ3n) is 4.52. The quantitative estimate of drug-likeness (QED) is 0.908. The lowest BCUT2D eigenvalue weighted by atomic mass is 10.2. The van der Waals surface area contributed by atoms with Gasteiger partial charge in [0.15, 0.2) is 5.76 Å². The Kier molecular flexibility index (Phi) is 4.08. The number of nitrogens with two attached hydrogens (primary N) is 1. The monoisotopic (exact) mass is 277 g/mol. The van der Waals surface area contributed by atoms with Gasteiger partial charge < -0.3 is 15.1 Å². The van der Waals surface area contributed by atoms with Crippen molar-refractivity contribution in [3.8, 4) is 0 Å². The number of furan rings is 1. The fraction of sp³-hybridized carbons (Fsp3) is 0.667.